The van der Waals surface area contributed by atoms with E-state index < -0.39 is 10.0 Å². The van der Waals surface area contributed by atoms with E-state index in [9.17, 15) is 8.42 Å². The molecular formula is C11H12Cl2N2O3S. The van der Waals surface area contributed by atoms with Crippen LogP contribution in [-0.2, 0) is 10.0 Å². The maximum absolute atomic E-state index is 11.2. The van der Waals surface area contributed by atoms with E-state index in [-0.39, 0.29) is 20.7 Å². The number of nitrogens with zero attached hydrogens (tertiary/aromatic N) is 1. The molecule has 2 N–H and O–H groups in total. The molecule has 1 aromatic rings. The number of unbranched alkanes of at least 4 members (excludes halogenated alkanes) is 2. The third-order valence-electron chi connectivity index (χ3n) is 2.23. The number of benzene rings is 1. The van der Waals surface area contributed by atoms with Gasteiger partial charge in [0.05, 0.1) is 27.6 Å². The summed E-state index contributed by atoms with van der Waals surface area (Å²) in [5, 5.41) is 13.5. The molecule has 0 unspecified atom stereocenters. The summed E-state index contributed by atoms with van der Waals surface area (Å²) in [6.45, 7) is 0.343. The minimum atomic E-state index is -3.86. The Bertz CT molecular complexity index is 573. The lowest BCUT2D eigenvalue weighted by molar-refractivity contribution is 0.308. The van der Waals surface area contributed by atoms with Gasteiger partial charge in [-0.3, -0.25) is 0 Å². The van der Waals surface area contributed by atoms with E-state index in [2.05, 4.69) is 0 Å². The van der Waals surface area contributed by atoms with Crippen LogP contribution in [0.4, 0.5) is 0 Å². The van der Waals surface area contributed by atoms with Crippen LogP contribution in [0.3, 0.4) is 0 Å². The van der Waals surface area contributed by atoms with Gasteiger partial charge in [0.1, 0.15) is 0 Å². The molecule has 0 saturated carbocycles. The van der Waals surface area contributed by atoms with Gasteiger partial charge in [0.25, 0.3) is 0 Å². The van der Waals surface area contributed by atoms with Crippen LogP contribution in [0, 0.1) is 11.3 Å². The Hall–Kier alpha value is -1.00. The van der Waals surface area contributed by atoms with Crippen molar-refractivity contribution < 1.29 is 13.2 Å². The van der Waals surface area contributed by atoms with E-state index in [1.807, 2.05) is 6.07 Å². The second-order valence-corrected chi connectivity index (χ2v) is 6.10. The molecular weight excluding hydrogens is 311 g/mol. The predicted molar refractivity (Wildman–Crippen MR) is 72.8 cm³/mol. The van der Waals surface area contributed by atoms with Crippen molar-refractivity contribution in [1.82, 2.24) is 0 Å². The van der Waals surface area contributed by atoms with Gasteiger partial charge < -0.3 is 4.74 Å². The van der Waals surface area contributed by atoms with Crippen molar-refractivity contribution in [2.75, 3.05) is 6.61 Å². The Kier molecular flexibility index (Phi) is 5.88. The molecule has 8 heteroatoms. The molecule has 0 heterocycles. The first-order valence-electron chi connectivity index (χ1n) is 5.38. The molecule has 0 amide bonds. The van der Waals surface area contributed by atoms with E-state index in [1.54, 1.807) is 0 Å². The zero-order valence-electron chi connectivity index (χ0n) is 9.90. The highest BCUT2D eigenvalue weighted by molar-refractivity contribution is 7.89. The predicted octanol–water partition coefficient (Wildman–Crippen LogP) is 2.71. The minimum absolute atomic E-state index is 0.0804. The van der Waals surface area contributed by atoms with E-state index in [4.69, 9.17) is 38.3 Å². The Labute approximate surface area is 121 Å². The number of rotatable bonds is 6. The van der Waals surface area contributed by atoms with E-state index in [0.717, 1.165) is 0 Å². The van der Waals surface area contributed by atoms with Crippen LogP contribution in [0.25, 0.3) is 0 Å². The van der Waals surface area contributed by atoms with Crippen LogP contribution < -0.4 is 9.88 Å². The maximum Gasteiger partial charge on any atom is 0.238 e. The van der Waals surface area contributed by atoms with E-state index in [0.29, 0.717) is 25.9 Å². The molecule has 0 fully saturated rings. The Morgan fingerprint density at radius 3 is 2.32 bits per heavy atom. The largest absolute Gasteiger partial charge is 0.490 e. The lowest BCUT2D eigenvalue weighted by Gasteiger charge is -2.10. The molecule has 1 aromatic carbocycles. The summed E-state index contributed by atoms with van der Waals surface area (Å²) in [4.78, 5) is -0.167. The highest BCUT2D eigenvalue weighted by Gasteiger charge is 2.15. The van der Waals surface area contributed by atoms with Gasteiger partial charge >= 0.3 is 0 Å². The number of ether oxygens (including phenoxy) is 1. The second kappa shape index (κ2) is 6.96. The smallest absolute Gasteiger partial charge is 0.238 e. The molecule has 0 spiro atoms. The van der Waals surface area contributed by atoms with Crippen molar-refractivity contribution >= 4 is 33.2 Å². The van der Waals surface area contributed by atoms with Crippen LogP contribution in [0.5, 0.6) is 5.75 Å². The van der Waals surface area contributed by atoms with Gasteiger partial charge in [0, 0.05) is 6.42 Å². The van der Waals surface area contributed by atoms with Crippen LogP contribution in [0.1, 0.15) is 19.3 Å². The SMILES string of the molecule is N#CCCCCOc1c(Cl)cc(S(N)(=O)=O)cc1Cl. The zero-order chi connectivity index (χ0) is 14.5. The molecule has 5 nitrogen and oxygen atoms in total. The van der Waals surface area contributed by atoms with Gasteiger partial charge in [-0.2, -0.15) is 5.26 Å². The number of hydrogen-bond donors (Lipinski definition) is 1. The first-order chi connectivity index (χ1) is 8.86. The fraction of sp³-hybridized carbons (Fsp3) is 0.364. The van der Waals surface area contributed by atoms with Crippen molar-refractivity contribution in [3.63, 3.8) is 0 Å². The minimum Gasteiger partial charge on any atom is -0.490 e. The number of nitrogens with two attached hydrogens (primary N) is 1. The van der Waals surface area contributed by atoms with Crippen LogP contribution in [-0.4, -0.2) is 15.0 Å². The highest BCUT2D eigenvalue weighted by atomic mass is 35.5. The quantitative estimate of drug-likeness (QED) is 0.815. The highest BCUT2D eigenvalue weighted by Crippen LogP contribution is 2.35. The number of sulfonamides is 1. The average Bonchev–Trinajstić information content (AvgIpc) is 2.30. The van der Waals surface area contributed by atoms with Gasteiger partial charge in [-0.05, 0) is 25.0 Å². The number of nitriles is 1. The van der Waals surface area contributed by atoms with Crippen LogP contribution >= 0.6 is 23.2 Å². The van der Waals surface area contributed by atoms with Crippen molar-refractivity contribution in [2.24, 2.45) is 5.14 Å². The molecule has 0 aliphatic rings. The van der Waals surface area contributed by atoms with Gasteiger partial charge in [0.15, 0.2) is 5.75 Å². The molecule has 0 aromatic heterocycles. The summed E-state index contributed by atoms with van der Waals surface area (Å²) in [5.41, 5.74) is 0. The average molecular weight is 323 g/mol. The molecule has 0 bridgehead atoms. The molecule has 0 atom stereocenters. The summed E-state index contributed by atoms with van der Waals surface area (Å²) in [6.07, 6.45) is 1.84. The van der Waals surface area contributed by atoms with Crippen molar-refractivity contribution in [1.29, 1.82) is 5.26 Å². The van der Waals surface area contributed by atoms with E-state index >= 15 is 0 Å². The monoisotopic (exact) mass is 322 g/mol. The van der Waals surface area contributed by atoms with Gasteiger partial charge in [-0.1, -0.05) is 23.2 Å². The van der Waals surface area contributed by atoms with Gasteiger partial charge in [0.2, 0.25) is 10.0 Å². The molecule has 19 heavy (non-hydrogen) atoms. The summed E-state index contributed by atoms with van der Waals surface area (Å²) in [5.74, 6) is 0.215. The van der Waals surface area contributed by atoms with Crippen molar-refractivity contribution in [3.8, 4) is 11.8 Å². The summed E-state index contributed by atoms with van der Waals surface area (Å²) in [6, 6.07) is 4.40. The van der Waals surface area contributed by atoms with Crippen molar-refractivity contribution in [2.45, 2.75) is 24.2 Å². The lowest BCUT2D eigenvalue weighted by Crippen LogP contribution is -2.12. The number of halogens is 2. The first-order valence-corrected chi connectivity index (χ1v) is 7.68. The maximum atomic E-state index is 11.2. The standard InChI is InChI=1S/C11H12Cl2N2O3S/c12-9-6-8(19(15,16)17)7-10(13)11(9)18-5-3-1-2-4-14/h6-7H,1-3,5H2,(H2,15,16,17). The summed E-state index contributed by atoms with van der Waals surface area (Å²) >= 11 is 11.8. The first kappa shape index (κ1) is 16.1. The lowest BCUT2D eigenvalue weighted by atomic mass is 10.2. The molecule has 1 rings (SSSR count). The number of primary sulfonamides is 1. The third-order valence-corrected chi connectivity index (χ3v) is 3.68. The molecule has 104 valence electrons. The zero-order valence-corrected chi connectivity index (χ0v) is 12.2. The van der Waals surface area contributed by atoms with Gasteiger partial charge in [-0.25, -0.2) is 13.6 Å². The molecule has 0 radical (unpaired) electrons. The van der Waals surface area contributed by atoms with Crippen LogP contribution in [0.2, 0.25) is 10.0 Å². The topological polar surface area (TPSA) is 93.2 Å². The summed E-state index contributed by atoms with van der Waals surface area (Å²) < 4.78 is 27.7. The Balaban J connectivity index is 2.79. The fourth-order valence-electron chi connectivity index (χ4n) is 1.32. The molecule has 0 aliphatic heterocycles. The van der Waals surface area contributed by atoms with Crippen LogP contribution in [0.15, 0.2) is 17.0 Å². The third kappa shape index (κ3) is 4.88. The summed E-state index contributed by atoms with van der Waals surface area (Å²) in [7, 11) is -3.86. The second-order valence-electron chi connectivity index (χ2n) is 3.72. The van der Waals surface area contributed by atoms with Crippen molar-refractivity contribution in [3.05, 3.63) is 22.2 Å². The normalized spacial score (nSPS) is 11.1. The fourth-order valence-corrected chi connectivity index (χ4v) is 2.61. The molecule has 0 saturated heterocycles. The Morgan fingerprint density at radius 2 is 1.84 bits per heavy atom. The van der Waals surface area contributed by atoms with E-state index in [1.165, 1.54) is 12.1 Å². The molecule has 0 aliphatic carbocycles. The number of hydrogen-bond acceptors (Lipinski definition) is 4. The Morgan fingerprint density at radius 1 is 1.26 bits per heavy atom. The van der Waals surface area contributed by atoms with Gasteiger partial charge in [-0.15, -0.1) is 0 Å².